The molecule has 2 aliphatic heterocycles. The highest BCUT2D eigenvalue weighted by atomic mass is 19.1. The standard InChI is InChI=1S/C27H36FN3O/c1-21-10-14-30(15-11-21)19-23-8-6-22(7-9-23)18-29-27(32)24-12-16-31(17-13-24)20-25-4-2-3-5-26(25)28/h2-9,21,24H,10-20H2,1H3,(H,29,32). The van der Waals surface area contributed by atoms with Gasteiger partial charge in [-0.2, -0.15) is 0 Å². The molecule has 1 N–H and O–H groups in total. The summed E-state index contributed by atoms with van der Waals surface area (Å²) in [5, 5.41) is 3.12. The van der Waals surface area contributed by atoms with Crippen LogP contribution in [0, 0.1) is 17.7 Å². The molecule has 2 aliphatic rings. The van der Waals surface area contributed by atoms with Crippen LogP contribution in [0.25, 0.3) is 0 Å². The molecular formula is C27H36FN3O. The Labute approximate surface area is 191 Å². The highest BCUT2D eigenvalue weighted by Gasteiger charge is 2.25. The summed E-state index contributed by atoms with van der Waals surface area (Å²) in [5.74, 6) is 0.898. The van der Waals surface area contributed by atoms with E-state index in [1.807, 2.05) is 12.1 Å². The Bertz CT molecular complexity index is 869. The molecule has 0 saturated carbocycles. The highest BCUT2D eigenvalue weighted by molar-refractivity contribution is 5.78. The molecule has 2 aromatic rings. The van der Waals surface area contributed by atoms with Crippen molar-refractivity contribution < 1.29 is 9.18 Å². The van der Waals surface area contributed by atoms with Crippen LogP contribution in [0.1, 0.15) is 49.3 Å². The van der Waals surface area contributed by atoms with Gasteiger partial charge in [0.25, 0.3) is 0 Å². The van der Waals surface area contributed by atoms with Gasteiger partial charge in [-0.15, -0.1) is 0 Å². The lowest BCUT2D eigenvalue weighted by Crippen LogP contribution is -2.40. The summed E-state index contributed by atoms with van der Waals surface area (Å²) in [6.07, 6.45) is 4.25. The number of hydrogen-bond donors (Lipinski definition) is 1. The molecule has 1 amide bonds. The first-order valence-corrected chi connectivity index (χ1v) is 12.1. The second kappa shape index (κ2) is 11.1. The van der Waals surface area contributed by atoms with Crippen molar-refractivity contribution >= 4 is 5.91 Å². The molecule has 0 aliphatic carbocycles. The largest absolute Gasteiger partial charge is 0.352 e. The van der Waals surface area contributed by atoms with Crippen LogP contribution < -0.4 is 5.32 Å². The van der Waals surface area contributed by atoms with Gasteiger partial charge in [0.05, 0.1) is 0 Å². The molecule has 2 saturated heterocycles. The maximum Gasteiger partial charge on any atom is 0.223 e. The van der Waals surface area contributed by atoms with Crippen LogP contribution in [0.4, 0.5) is 4.39 Å². The predicted molar refractivity (Wildman–Crippen MR) is 126 cm³/mol. The summed E-state index contributed by atoms with van der Waals surface area (Å²) in [4.78, 5) is 17.4. The fourth-order valence-electron chi connectivity index (χ4n) is 4.80. The third kappa shape index (κ3) is 6.39. The van der Waals surface area contributed by atoms with Crippen LogP contribution in [0.3, 0.4) is 0 Å². The molecule has 0 bridgehead atoms. The molecule has 4 rings (SSSR count). The second-order valence-corrected chi connectivity index (χ2v) is 9.63. The van der Waals surface area contributed by atoms with Crippen LogP contribution in [-0.2, 0) is 24.4 Å². The number of benzene rings is 2. The number of halogens is 1. The van der Waals surface area contributed by atoms with Crippen molar-refractivity contribution in [2.75, 3.05) is 26.2 Å². The summed E-state index contributed by atoms with van der Waals surface area (Å²) in [7, 11) is 0. The third-order valence-corrected chi connectivity index (χ3v) is 7.08. The maximum absolute atomic E-state index is 13.9. The molecule has 0 aromatic heterocycles. The number of amides is 1. The van der Waals surface area contributed by atoms with Crippen molar-refractivity contribution in [2.24, 2.45) is 11.8 Å². The monoisotopic (exact) mass is 437 g/mol. The number of piperidine rings is 2. The Morgan fingerprint density at radius 3 is 2.16 bits per heavy atom. The van der Waals surface area contributed by atoms with Gasteiger partial charge in [0.1, 0.15) is 5.82 Å². The Hall–Kier alpha value is -2.24. The van der Waals surface area contributed by atoms with Gasteiger partial charge in [-0.05, 0) is 75.0 Å². The number of carbonyl (C=O) groups excluding carboxylic acids is 1. The number of carbonyl (C=O) groups is 1. The van der Waals surface area contributed by atoms with E-state index in [0.717, 1.165) is 49.5 Å². The van der Waals surface area contributed by atoms with Crippen molar-refractivity contribution in [3.8, 4) is 0 Å². The molecular weight excluding hydrogens is 401 g/mol. The quantitative estimate of drug-likeness (QED) is 0.688. The molecule has 32 heavy (non-hydrogen) atoms. The Morgan fingerprint density at radius 1 is 0.875 bits per heavy atom. The minimum absolute atomic E-state index is 0.0487. The lowest BCUT2D eigenvalue weighted by Gasteiger charge is -2.31. The number of nitrogens with one attached hydrogen (secondary N) is 1. The van der Waals surface area contributed by atoms with Gasteiger partial charge in [0.15, 0.2) is 0 Å². The van der Waals surface area contributed by atoms with Crippen molar-refractivity contribution in [3.63, 3.8) is 0 Å². The fraction of sp³-hybridized carbons (Fsp3) is 0.519. The van der Waals surface area contributed by atoms with Crippen LogP contribution in [-0.4, -0.2) is 41.9 Å². The minimum atomic E-state index is -0.149. The summed E-state index contributed by atoms with van der Waals surface area (Å²) in [6.45, 7) is 8.60. The first kappa shape index (κ1) is 22.9. The van der Waals surface area contributed by atoms with Crippen LogP contribution in [0.15, 0.2) is 48.5 Å². The Morgan fingerprint density at radius 2 is 1.47 bits per heavy atom. The topological polar surface area (TPSA) is 35.6 Å². The van der Waals surface area contributed by atoms with Gasteiger partial charge < -0.3 is 5.32 Å². The van der Waals surface area contributed by atoms with E-state index in [-0.39, 0.29) is 17.6 Å². The smallest absolute Gasteiger partial charge is 0.223 e. The lowest BCUT2D eigenvalue weighted by atomic mass is 9.95. The lowest BCUT2D eigenvalue weighted by molar-refractivity contribution is -0.126. The van der Waals surface area contributed by atoms with E-state index in [4.69, 9.17) is 0 Å². The molecule has 172 valence electrons. The fourth-order valence-corrected chi connectivity index (χ4v) is 4.80. The van der Waals surface area contributed by atoms with Crippen LogP contribution in [0.2, 0.25) is 0 Å². The van der Waals surface area contributed by atoms with E-state index in [2.05, 4.69) is 46.3 Å². The molecule has 0 atom stereocenters. The van der Waals surface area contributed by atoms with Gasteiger partial charge in [-0.3, -0.25) is 14.6 Å². The zero-order chi connectivity index (χ0) is 22.3. The summed E-state index contributed by atoms with van der Waals surface area (Å²) < 4.78 is 13.9. The van der Waals surface area contributed by atoms with E-state index < -0.39 is 0 Å². The molecule has 0 radical (unpaired) electrons. The van der Waals surface area contributed by atoms with Crippen LogP contribution >= 0.6 is 0 Å². The summed E-state index contributed by atoms with van der Waals surface area (Å²) in [5.41, 5.74) is 3.22. The molecule has 2 fully saturated rings. The van der Waals surface area contributed by atoms with Gasteiger partial charge in [-0.1, -0.05) is 49.4 Å². The first-order valence-electron chi connectivity index (χ1n) is 12.1. The van der Waals surface area contributed by atoms with Gasteiger partial charge >= 0.3 is 0 Å². The Kier molecular flexibility index (Phi) is 7.93. The molecule has 2 aromatic carbocycles. The number of hydrogen-bond acceptors (Lipinski definition) is 3. The average Bonchev–Trinajstić information content (AvgIpc) is 2.82. The van der Waals surface area contributed by atoms with Crippen molar-refractivity contribution in [2.45, 2.75) is 52.2 Å². The molecule has 4 nitrogen and oxygen atoms in total. The molecule has 5 heteroatoms. The predicted octanol–water partition coefficient (Wildman–Crippen LogP) is 4.59. The van der Waals surface area contributed by atoms with Gasteiger partial charge in [0.2, 0.25) is 5.91 Å². The normalized spacial score (nSPS) is 19.2. The second-order valence-electron chi connectivity index (χ2n) is 9.63. The van der Waals surface area contributed by atoms with Crippen molar-refractivity contribution in [1.29, 1.82) is 0 Å². The van der Waals surface area contributed by atoms with E-state index >= 15 is 0 Å². The average molecular weight is 438 g/mol. The molecule has 0 spiro atoms. The van der Waals surface area contributed by atoms with Crippen molar-refractivity contribution in [1.82, 2.24) is 15.1 Å². The van der Waals surface area contributed by atoms with Gasteiger partial charge in [0, 0.05) is 31.1 Å². The SMILES string of the molecule is CC1CCN(Cc2ccc(CNC(=O)C3CCN(Cc4ccccc4F)CC3)cc2)CC1. The van der Waals surface area contributed by atoms with Crippen LogP contribution in [0.5, 0.6) is 0 Å². The Balaban J connectivity index is 1.18. The van der Waals surface area contributed by atoms with Gasteiger partial charge in [-0.25, -0.2) is 4.39 Å². The summed E-state index contributed by atoms with van der Waals surface area (Å²) in [6, 6.07) is 15.6. The summed E-state index contributed by atoms with van der Waals surface area (Å²) >= 11 is 0. The van der Waals surface area contributed by atoms with E-state index in [1.165, 1.54) is 37.6 Å². The number of nitrogens with zero attached hydrogens (tertiary/aromatic N) is 2. The number of rotatable bonds is 7. The van der Waals surface area contributed by atoms with E-state index in [1.54, 1.807) is 6.07 Å². The zero-order valence-electron chi connectivity index (χ0n) is 19.2. The minimum Gasteiger partial charge on any atom is -0.352 e. The zero-order valence-corrected chi connectivity index (χ0v) is 19.2. The molecule has 2 heterocycles. The van der Waals surface area contributed by atoms with E-state index in [0.29, 0.717) is 13.1 Å². The number of likely N-dealkylation sites (tertiary alicyclic amines) is 2. The first-order chi connectivity index (χ1) is 15.6. The van der Waals surface area contributed by atoms with E-state index in [9.17, 15) is 9.18 Å². The van der Waals surface area contributed by atoms with Crippen molar-refractivity contribution in [3.05, 3.63) is 71.0 Å². The molecule has 0 unspecified atom stereocenters. The highest BCUT2D eigenvalue weighted by Crippen LogP contribution is 2.21. The third-order valence-electron chi connectivity index (χ3n) is 7.08. The maximum atomic E-state index is 13.9.